The zero-order valence-electron chi connectivity index (χ0n) is 11.2. The Labute approximate surface area is 149 Å². The molecule has 2 aromatic carbocycles. The van der Waals surface area contributed by atoms with E-state index in [4.69, 9.17) is 60.2 Å². The summed E-state index contributed by atoms with van der Waals surface area (Å²) in [5.74, 6) is 1.03. The lowest BCUT2D eigenvalue weighted by Gasteiger charge is -2.23. The van der Waals surface area contributed by atoms with E-state index < -0.39 is 6.72 Å². The van der Waals surface area contributed by atoms with Gasteiger partial charge < -0.3 is 9.05 Å². The molecule has 8 heteroatoms. The normalized spacial score (nSPS) is 11.2. The lowest BCUT2D eigenvalue weighted by atomic mass is 10.3. The van der Waals surface area contributed by atoms with Crippen LogP contribution in [0, 0.1) is 0 Å². The first-order chi connectivity index (χ1) is 10.5. The van der Waals surface area contributed by atoms with Gasteiger partial charge in [-0.1, -0.05) is 47.5 Å². The largest absolute Gasteiger partial charge is 0.435 e. The molecule has 0 amide bonds. The molecule has 0 spiro atoms. The zero-order valence-corrected chi connectivity index (χ0v) is 15.2. The highest BCUT2D eigenvalue weighted by atomic mass is 35.5. The van der Waals surface area contributed by atoms with Crippen LogP contribution in [0.25, 0.3) is 0 Å². The van der Waals surface area contributed by atoms with Crippen molar-refractivity contribution in [3.05, 3.63) is 58.6 Å². The first-order valence-corrected chi connectivity index (χ1v) is 10.1. The number of benzene rings is 2. The van der Waals surface area contributed by atoms with Crippen molar-refractivity contribution in [1.82, 2.24) is 0 Å². The van der Waals surface area contributed by atoms with Gasteiger partial charge in [-0.25, -0.2) is 0 Å². The lowest BCUT2D eigenvalue weighted by Crippen LogP contribution is -2.07. The lowest BCUT2D eigenvalue weighted by molar-refractivity contribution is 0.278. The van der Waals surface area contributed by atoms with Crippen LogP contribution in [-0.4, -0.2) is 12.5 Å². The number of hydrogen-bond acceptors (Lipinski definition) is 4. The maximum Gasteiger partial charge on any atom is 0.435 e. The fourth-order valence-corrected chi connectivity index (χ4v) is 4.10. The molecule has 0 aromatic heterocycles. The summed E-state index contributed by atoms with van der Waals surface area (Å²) >= 11 is 23.2. The van der Waals surface area contributed by atoms with Crippen molar-refractivity contribution < 1.29 is 13.6 Å². The molecule has 2 aromatic rings. The van der Waals surface area contributed by atoms with Crippen LogP contribution in [0.15, 0.2) is 48.5 Å². The zero-order chi connectivity index (χ0) is 16.0. The molecule has 0 aliphatic heterocycles. The number of alkyl halides is 1. The van der Waals surface area contributed by atoms with Gasteiger partial charge in [0.1, 0.15) is 11.5 Å². The predicted octanol–water partition coefficient (Wildman–Crippen LogP) is 5.93. The molecule has 118 valence electrons. The highest BCUT2D eigenvalue weighted by Gasteiger charge is 2.26. The van der Waals surface area contributed by atoms with Gasteiger partial charge in [0.25, 0.3) is 0 Å². The van der Waals surface area contributed by atoms with E-state index in [1.165, 1.54) is 0 Å². The molecule has 0 aliphatic rings. The Hall–Kier alpha value is -0.480. The van der Waals surface area contributed by atoms with Crippen molar-refractivity contribution in [3.63, 3.8) is 0 Å². The summed E-state index contributed by atoms with van der Waals surface area (Å²) in [6.45, 7) is -2.97. The van der Waals surface area contributed by atoms with Crippen LogP contribution in [0.2, 0.25) is 10.0 Å². The molecule has 0 aliphatic carbocycles. The Morgan fingerprint density at radius 3 is 1.73 bits per heavy atom. The van der Waals surface area contributed by atoms with E-state index in [0.717, 1.165) is 0 Å². The number of hydrogen-bond donors (Lipinski definition) is 0. The molecule has 0 heterocycles. The van der Waals surface area contributed by atoms with Crippen molar-refractivity contribution in [2.24, 2.45) is 0 Å². The Balaban J connectivity index is 2.26. The SMILES string of the molecule is S=P(OCCCl)(Oc1ccccc1Cl)Oc1ccccc1Cl. The van der Waals surface area contributed by atoms with Gasteiger partial charge >= 0.3 is 6.72 Å². The average molecular weight is 398 g/mol. The molecule has 0 bridgehead atoms. The van der Waals surface area contributed by atoms with Gasteiger partial charge in [-0.3, -0.25) is 4.52 Å². The first-order valence-electron chi connectivity index (χ1n) is 6.23. The van der Waals surface area contributed by atoms with Crippen molar-refractivity contribution in [1.29, 1.82) is 0 Å². The van der Waals surface area contributed by atoms with Crippen LogP contribution in [0.5, 0.6) is 11.5 Å². The molecule has 3 nitrogen and oxygen atoms in total. The van der Waals surface area contributed by atoms with E-state index in [0.29, 0.717) is 21.5 Å². The number of rotatable bonds is 7. The topological polar surface area (TPSA) is 27.7 Å². The van der Waals surface area contributed by atoms with E-state index in [-0.39, 0.29) is 12.5 Å². The van der Waals surface area contributed by atoms with Gasteiger partial charge in [0, 0.05) is 17.7 Å². The van der Waals surface area contributed by atoms with Gasteiger partial charge in [0.15, 0.2) is 0 Å². The highest BCUT2D eigenvalue weighted by Crippen LogP contribution is 2.52. The fourth-order valence-electron chi connectivity index (χ4n) is 1.50. The van der Waals surface area contributed by atoms with E-state index in [2.05, 4.69) is 0 Å². The molecular formula is C14H12Cl3O3PS. The van der Waals surface area contributed by atoms with E-state index in [9.17, 15) is 0 Å². The monoisotopic (exact) mass is 396 g/mol. The van der Waals surface area contributed by atoms with Gasteiger partial charge in [-0.15, -0.1) is 11.6 Å². The summed E-state index contributed by atoms with van der Waals surface area (Å²) < 4.78 is 17.0. The fraction of sp³-hybridized carbons (Fsp3) is 0.143. The van der Waals surface area contributed by atoms with Gasteiger partial charge in [0.05, 0.1) is 16.7 Å². The van der Waals surface area contributed by atoms with E-state index >= 15 is 0 Å². The molecule has 22 heavy (non-hydrogen) atoms. The van der Waals surface area contributed by atoms with E-state index in [1.54, 1.807) is 48.5 Å². The average Bonchev–Trinajstić information content (AvgIpc) is 2.50. The van der Waals surface area contributed by atoms with Crippen molar-refractivity contribution >= 4 is 53.3 Å². The van der Waals surface area contributed by atoms with Crippen molar-refractivity contribution in [3.8, 4) is 11.5 Å². The summed E-state index contributed by atoms with van der Waals surface area (Å²) in [6.07, 6.45) is 0. The molecule has 0 fully saturated rings. The second-order valence-corrected chi connectivity index (χ2v) is 8.06. The minimum absolute atomic E-state index is 0.188. The minimum Gasteiger partial charge on any atom is -0.414 e. The Kier molecular flexibility index (Phi) is 6.82. The van der Waals surface area contributed by atoms with Crippen LogP contribution in [0.1, 0.15) is 0 Å². The number of halogens is 3. The van der Waals surface area contributed by atoms with Crippen molar-refractivity contribution in [2.75, 3.05) is 12.5 Å². The Bertz CT molecular complexity index is 632. The van der Waals surface area contributed by atoms with Crippen LogP contribution in [-0.2, 0) is 16.3 Å². The third-order valence-electron chi connectivity index (χ3n) is 2.42. The van der Waals surface area contributed by atoms with Crippen LogP contribution < -0.4 is 9.05 Å². The summed E-state index contributed by atoms with van der Waals surface area (Å²) in [5.41, 5.74) is 0. The van der Waals surface area contributed by atoms with Gasteiger partial charge in [-0.2, -0.15) is 0 Å². The summed E-state index contributed by atoms with van der Waals surface area (Å²) in [5, 5.41) is 0.822. The van der Waals surface area contributed by atoms with E-state index in [1.807, 2.05) is 0 Å². The van der Waals surface area contributed by atoms with Crippen LogP contribution in [0.4, 0.5) is 0 Å². The van der Waals surface area contributed by atoms with Gasteiger partial charge in [0.2, 0.25) is 0 Å². The first kappa shape index (κ1) is 17.9. The smallest absolute Gasteiger partial charge is 0.414 e. The van der Waals surface area contributed by atoms with Gasteiger partial charge in [-0.05, 0) is 24.3 Å². The highest BCUT2D eigenvalue weighted by molar-refractivity contribution is 8.07. The molecule has 0 N–H and O–H groups in total. The predicted molar refractivity (Wildman–Crippen MR) is 95.1 cm³/mol. The molecule has 0 saturated carbocycles. The minimum atomic E-state index is -3.15. The van der Waals surface area contributed by atoms with Crippen molar-refractivity contribution in [2.45, 2.75) is 0 Å². The number of para-hydroxylation sites is 2. The van der Waals surface area contributed by atoms with Crippen LogP contribution in [0.3, 0.4) is 0 Å². The second-order valence-electron chi connectivity index (χ2n) is 4.01. The maximum atomic E-state index is 6.08. The molecular weight excluding hydrogens is 386 g/mol. The molecule has 0 unspecified atom stereocenters. The molecule has 2 rings (SSSR count). The Morgan fingerprint density at radius 1 is 0.864 bits per heavy atom. The Morgan fingerprint density at radius 2 is 1.32 bits per heavy atom. The molecule has 0 atom stereocenters. The maximum absolute atomic E-state index is 6.08. The van der Waals surface area contributed by atoms with Crippen LogP contribution >= 0.6 is 41.5 Å². The standard InChI is InChI=1S/C14H12Cl3O3PS/c15-9-10-18-21(22,19-13-7-3-1-5-11(13)16)20-14-8-4-2-6-12(14)17/h1-8H,9-10H2. The summed E-state index contributed by atoms with van der Waals surface area (Å²) in [7, 11) is 0. The second kappa shape index (κ2) is 8.39. The molecule has 0 radical (unpaired) electrons. The molecule has 0 saturated heterocycles. The summed E-state index contributed by atoms with van der Waals surface area (Å²) in [6, 6.07) is 13.9. The third kappa shape index (κ3) is 5.02. The quantitative estimate of drug-likeness (QED) is 0.427. The summed E-state index contributed by atoms with van der Waals surface area (Å²) in [4.78, 5) is 0. The third-order valence-corrected chi connectivity index (χ3v) is 5.30.